The summed E-state index contributed by atoms with van der Waals surface area (Å²) in [6.45, 7) is 2.22. The Morgan fingerprint density at radius 1 is 1.17 bits per heavy atom. The van der Waals surface area contributed by atoms with Crippen molar-refractivity contribution in [1.29, 1.82) is 5.26 Å². The number of hydrogen-bond acceptors (Lipinski definition) is 3. The molecule has 128 valence electrons. The zero-order valence-corrected chi connectivity index (χ0v) is 14.1. The van der Waals surface area contributed by atoms with E-state index < -0.39 is 5.83 Å². The first-order valence-electron chi connectivity index (χ1n) is 9.10. The smallest absolute Gasteiger partial charge is 0.309 e. The van der Waals surface area contributed by atoms with E-state index >= 15 is 0 Å². The number of carbonyl (C=O) groups excluding carboxylic acids is 1. The fourth-order valence-corrected chi connectivity index (χ4v) is 3.97. The van der Waals surface area contributed by atoms with Gasteiger partial charge in [-0.15, -0.1) is 0 Å². The summed E-state index contributed by atoms with van der Waals surface area (Å²) >= 11 is 0. The van der Waals surface area contributed by atoms with E-state index in [1.807, 2.05) is 0 Å². The Morgan fingerprint density at radius 2 is 1.83 bits per heavy atom. The maximum Gasteiger partial charge on any atom is 0.309 e. The van der Waals surface area contributed by atoms with Crippen LogP contribution in [0.15, 0.2) is 11.9 Å². The zero-order valence-electron chi connectivity index (χ0n) is 14.1. The second kappa shape index (κ2) is 9.05. The molecule has 2 fully saturated rings. The summed E-state index contributed by atoms with van der Waals surface area (Å²) in [6.07, 6.45) is 11.4. The molecule has 0 amide bonds. The third kappa shape index (κ3) is 5.64. The van der Waals surface area contributed by atoms with Crippen LogP contribution in [0, 0.1) is 29.1 Å². The minimum Gasteiger partial charge on any atom is -0.462 e. The van der Waals surface area contributed by atoms with Crippen LogP contribution >= 0.6 is 0 Å². The molecule has 0 atom stereocenters. The highest BCUT2D eigenvalue weighted by Crippen LogP contribution is 2.33. The Morgan fingerprint density at radius 3 is 2.39 bits per heavy atom. The summed E-state index contributed by atoms with van der Waals surface area (Å²) in [5.41, 5.74) is 0. The van der Waals surface area contributed by atoms with Crippen molar-refractivity contribution in [2.45, 2.75) is 77.2 Å². The Kier molecular flexibility index (Phi) is 7.08. The fraction of sp³-hybridized carbons (Fsp3) is 0.789. The van der Waals surface area contributed by atoms with Gasteiger partial charge in [0.15, 0.2) is 5.83 Å². The van der Waals surface area contributed by atoms with Crippen LogP contribution in [-0.2, 0) is 9.53 Å². The maximum atomic E-state index is 13.0. The van der Waals surface area contributed by atoms with Gasteiger partial charge in [-0.05, 0) is 69.3 Å². The van der Waals surface area contributed by atoms with Gasteiger partial charge in [0.25, 0.3) is 0 Å². The molecule has 0 radical (unpaired) electrons. The van der Waals surface area contributed by atoms with E-state index in [-0.39, 0.29) is 23.9 Å². The Hall–Kier alpha value is -1.37. The third-order valence-electron chi connectivity index (χ3n) is 5.37. The van der Waals surface area contributed by atoms with Gasteiger partial charge < -0.3 is 4.74 Å². The van der Waals surface area contributed by atoms with Crippen LogP contribution in [0.3, 0.4) is 0 Å². The molecule has 0 aromatic carbocycles. The van der Waals surface area contributed by atoms with E-state index in [0.29, 0.717) is 0 Å². The molecule has 0 spiro atoms. The second-order valence-corrected chi connectivity index (χ2v) is 7.11. The van der Waals surface area contributed by atoms with Crippen LogP contribution < -0.4 is 0 Å². The molecule has 4 heteroatoms. The highest BCUT2D eigenvalue weighted by Gasteiger charge is 2.30. The average Bonchev–Trinajstić information content (AvgIpc) is 2.57. The van der Waals surface area contributed by atoms with Gasteiger partial charge in [-0.2, -0.15) is 9.65 Å². The van der Waals surface area contributed by atoms with Gasteiger partial charge >= 0.3 is 5.97 Å². The van der Waals surface area contributed by atoms with Crippen LogP contribution in [-0.4, -0.2) is 12.1 Å². The van der Waals surface area contributed by atoms with Crippen molar-refractivity contribution >= 4 is 5.97 Å². The summed E-state index contributed by atoms with van der Waals surface area (Å²) in [5.74, 6) is 0.0838. The summed E-state index contributed by atoms with van der Waals surface area (Å²) in [4.78, 5) is 12.3. The van der Waals surface area contributed by atoms with Gasteiger partial charge in [-0.1, -0.05) is 19.8 Å². The van der Waals surface area contributed by atoms with Gasteiger partial charge in [0.2, 0.25) is 0 Å². The summed E-state index contributed by atoms with van der Waals surface area (Å²) in [6, 6.07) is 1.52. The number of rotatable bonds is 5. The van der Waals surface area contributed by atoms with Crippen LogP contribution in [0.2, 0.25) is 0 Å². The highest BCUT2D eigenvalue weighted by atomic mass is 19.1. The number of allylic oxidation sites excluding steroid dienone is 2. The van der Waals surface area contributed by atoms with E-state index in [4.69, 9.17) is 10.00 Å². The Bertz CT molecular complexity index is 452. The lowest BCUT2D eigenvalue weighted by Crippen LogP contribution is -2.30. The van der Waals surface area contributed by atoms with Gasteiger partial charge in [-0.25, -0.2) is 0 Å². The first kappa shape index (κ1) is 18.0. The monoisotopic (exact) mass is 321 g/mol. The van der Waals surface area contributed by atoms with Crippen molar-refractivity contribution in [1.82, 2.24) is 0 Å². The molecule has 2 aliphatic rings. The van der Waals surface area contributed by atoms with E-state index in [9.17, 15) is 9.18 Å². The van der Waals surface area contributed by atoms with Gasteiger partial charge in [-0.3, -0.25) is 4.79 Å². The van der Waals surface area contributed by atoms with Gasteiger partial charge in [0, 0.05) is 0 Å². The van der Waals surface area contributed by atoms with Crippen LogP contribution in [0.5, 0.6) is 0 Å². The molecule has 0 heterocycles. The standard InChI is InChI=1S/C19H28FNO2/c1-2-3-14-6-10-18(11-7-14)23-19(22)16-8-4-15(5-9-16)12-17(20)13-21/h12,14-16,18H,2-11H2,1H3. The molecule has 2 aliphatic carbocycles. The number of nitriles is 1. The lowest BCUT2D eigenvalue weighted by molar-refractivity contribution is -0.157. The summed E-state index contributed by atoms with van der Waals surface area (Å²) < 4.78 is 18.7. The minimum absolute atomic E-state index is 0.0434. The molecule has 0 aromatic rings. The fourth-order valence-electron chi connectivity index (χ4n) is 3.97. The lowest BCUT2D eigenvalue weighted by atomic mass is 9.81. The summed E-state index contributed by atoms with van der Waals surface area (Å²) in [5, 5.41) is 8.47. The predicted molar refractivity (Wildman–Crippen MR) is 87.0 cm³/mol. The minimum atomic E-state index is -0.708. The van der Waals surface area contributed by atoms with E-state index in [1.54, 1.807) is 0 Å². The number of ether oxygens (including phenoxy) is 1. The average molecular weight is 321 g/mol. The quantitative estimate of drug-likeness (QED) is 0.524. The van der Waals surface area contributed by atoms with Crippen LogP contribution in [0.25, 0.3) is 0 Å². The molecule has 0 aliphatic heterocycles. The van der Waals surface area contributed by atoms with Crippen LogP contribution in [0.4, 0.5) is 4.39 Å². The number of esters is 1. The number of halogens is 1. The van der Waals surface area contributed by atoms with E-state index in [2.05, 4.69) is 6.92 Å². The van der Waals surface area contributed by atoms with E-state index in [0.717, 1.165) is 44.4 Å². The lowest BCUT2D eigenvalue weighted by Gasteiger charge is -2.31. The van der Waals surface area contributed by atoms with Crippen molar-refractivity contribution in [3.8, 4) is 6.07 Å². The molecular formula is C19H28FNO2. The van der Waals surface area contributed by atoms with Gasteiger partial charge in [0.05, 0.1) is 5.92 Å². The first-order chi connectivity index (χ1) is 11.1. The molecule has 0 N–H and O–H groups in total. The third-order valence-corrected chi connectivity index (χ3v) is 5.37. The number of nitrogens with zero attached hydrogens (tertiary/aromatic N) is 1. The molecule has 0 bridgehead atoms. The topological polar surface area (TPSA) is 50.1 Å². The van der Waals surface area contributed by atoms with Crippen molar-refractivity contribution in [2.75, 3.05) is 0 Å². The predicted octanol–water partition coefficient (Wildman–Crippen LogP) is 5.07. The van der Waals surface area contributed by atoms with E-state index in [1.165, 1.54) is 37.8 Å². The molecular weight excluding hydrogens is 293 g/mol. The molecule has 0 unspecified atom stereocenters. The number of hydrogen-bond donors (Lipinski definition) is 0. The normalized spacial score (nSPS) is 32.1. The Balaban J connectivity index is 1.71. The Labute approximate surface area is 138 Å². The van der Waals surface area contributed by atoms with Crippen molar-refractivity contribution in [3.63, 3.8) is 0 Å². The molecule has 0 saturated heterocycles. The number of carbonyl (C=O) groups is 1. The zero-order chi connectivity index (χ0) is 16.7. The van der Waals surface area contributed by atoms with Crippen molar-refractivity contribution in [2.24, 2.45) is 17.8 Å². The molecule has 23 heavy (non-hydrogen) atoms. The largest absolute Gasteiger partial charge is 0.462 e. The highest BCUT2D eigenvalue weighted by molar-refractivity contribution is 5.72. The maximum absolute atomic E-state index is 13.0. The molecule has 2 saturated carbocycles. The molecule has 0 aromatic heterocycles. The van der Waals surface area contributed by atoms with Crippen LogP contribution in [0.1, 0.15) is 71.1 Å². The first-order valence-corrected chi connectivity index (χ1v) is 9.10. The molecule has 2 rings (SSSR count). The van der Waals surface area contributed by atoms with Crippen molar-refractivity contribution < 1.29 is 13.9 Å². The summed E-state index contributed by atoms with van der Waals surface area (Å²) in [7, 11) is 0. The van der Waals surface area contributed by atoms with Gasteiger partial charge in [0.1, 0.15) is 12.2 Å². The molecule has 3 nitrogen and oxygen atoms in total. The SMILES string of the molecule is CCCC1CCC(OC(=O)C2CCC(C=C(F)C#N)CC2)CC1. The second-order valence-electron chi connectivity index (χ2n) is 7.11. The van der Waals surface area contributed by atoms with Crippen molar-refractivity contribution in [3.05, 3.63) is 11.9 Å².